The Labute approximate surface area is 128 Å². The molecule has 7 nitrogen and oxygen atoms in total. The maximum absolute atomic E-state index is 12.8. The summed E-state index contributed by atoms with van der Waals surface area (Å²) in [5.41, 5.74) is 1.50. The predicted octanol–water partition coefficient (Wildman–Crippen LogP) is 1.67. The molecule has 4 rings (SSSR count). The summed E-state index contributed by atoms with van der Waals surface area (Å²) in [6.45, 7) is 5.15. The smallest absolute Gasteiger partial charge is 0.276 e. The van der Waals surface area contributed by atoms with Crippen LogP contribution in [0, 0.1) is 6.92 Å². The molecule has 22 heavy (non-hydrogen) atoms. The van der Waals surface area contributed by atoms with E-state index < -0.39 is 0 Å². The minimum absolute atomic E-state index is 0.0503. The fourth-order valence-electron chi connectivity index (χ4n) is 3.59. The molecule has 0 aromatic carbocycles. The van der Waals surface area contributed by atoms with Gasteiger partial charge < -0.3 is 14.0 Å². The van der Waals surface area contributed by atoms with Crippen LogP contribution in [0.3, 0.4) is 0 Å². The molecule has 0 fully saturated rings. The topological polar surface area (TPSA) is 77.1 Å². The van der Waals surface area contributed by atoms with Gasteiger partial charge in [0.1, 0.15) is 11.6 Å². The lowest BCUT2D eigenvalue weighted by Crippen LogP contribution is -2.41. The fraction of sp³-hybridized carbons (Fsp3) is 0.600. The van der Waals surface area contributed by atoms with Gasteiger partial charge >= 0.3 is 0 Å². The summed E-state index contributed by atoms with van der Waals surface area (Å²) in [5, 5.41) is 12.3. The molecule has 1 aliphatic heterocycles. The van der Waals surface area contributed by atoms with Crippen LogP contribution in [0.15, 0.2) is 4.52 Å². The summed E-state index contributed by atoms with van der Waals surface area (Å²) >= 11 is 0. The SMILES string of the molecule is Cc1nnc2n1[C@@H](C)CN(C(=O)c1noc3c1CCCC3)C2. The summed E-state index contributed by atoms with van der Waals surface area (Å²) in [5.74, 6) is 2.57. The van der Waals surface area contributed by atoms with Crippen molar-refractivity contribution in [2.45, 2.75) is 52.1 Å². The van der Waals surface area contributed by atoms with Crippen molar-refractivity contribution in [3.63, 3.8) is 0 Å². The molecule has 1 aliphatic carbocycles. The number of hydrogen-bond acceptors (Lipinski definition) is 5. The van der Waals surface area contributed by atoms with E-state index in [0.717, 1.165) is 48.7 Å². The molecule has 0 saturated heterocycles. The summed E-state index contributed by atoms with van der Waals surface area (Å²) < 4.78 is 7.47. The van der Waals surface area contributed by atoms with Crippen LogP contribution in [-0.2, 0) is 19.4 Å². The molecule has 1 atom stereocenters. The predicted molar refractivity (Wildman–Crippen MR) is 77.4 cm³/mol. The number of carbonyl (C=O) groups is 1. The number of carbonyl (C=O) groups excluding carboxylic acids is 1. The Hall–Kier alpha value is -2.18. The van der Waals surface area contributed by atoms with Crippen LogP contribution >= 0.6 is 0 Å². The van der Waals surface area contributed by atoms with E-state index in [1.807, 2.05) is 6.92 Å². The van der Waals surface area contributed by atoms with E-state index in [-0.39, 0.29) is 11.9 Å². The minimum atomic E-state index is -0.0503. The molecule has 1 amide bonds. The van der Waals surface area contributed by atoms with Gasteiger partial charge in [0.25, 0.3) is 5.91 Å². The van der Waals surface area contributed by atoms with Crippen molar-refractivity contribution in [1.82, 2.24) is 24.8 Å². The standard InChI is InChI=1S/C15H19N5O2/c1-9-7-19(8-13-17-16-10(2)20(9)13)15(21)14-11-5-3-4-6-12(11)22-18-14/h9H,3-8H2,1-2H3/t9-/m0/s1. The van der Waals surface area contributed by atoms with Crippen molar-refractivity contribution in [1.29, 1.82) is 0 Å². The third-order valence-corrected chi connectivity index (χ3v) is 4.63. The van der Waals surface area contributed by atoms with Gasteiger partial charge in [-0.15, -0.1) is 10.2 Å². The second-order valence-electron chi connectivity index (χ2n) is 6.21. The summed E-state index contributed by atoms with van der Waals surface area (Å²) in [7, 11) is 0. The highest BCUT2D eigenvalue weighted by molar-refractivity contribution is 5.94. The van der Waals surface area contributed by atoms with Crippen molar-refractivity contribution >= 4 is 5.91 Å². The van der Waals surface area contributed by atoms with Gasteiger partial charge in [-0.2, -0.15) is 0 Å². The Morgan fingerprint density at radius 2 is 2.09 bits per heavy atom. The number of fused-ring (bicyclic) bond motifs is 2. The van der Waals surface area contributed by atoms with Crippen LogP contribution in [0.1, 0.15) is 59.3 Å². The molecule has 0 unspecified atom stereocenters. The highest BCUT2D eigenvalue weighted by Gasteiger charge is 2.32. The molecule has 2 aliphatic rings. The van der Waals surface area contributed by atoms with Gasteiger partial charge in [-0.25, -0.2) is 0 Å². The zero-order chi connectivity index (χ0) is 15.3. The van der Waals surface area contributed by atoms with Crippen molar-refractivity contribution in [2.75, 3.05) is 6.54 Å². The van der Waals surface area contributed by atoms with E-state index in [0.29, 0.717) is 18.8 Å². The molecule has 116 valence electrons. The van der Waals surface area contributed by atoms with Gasteiger partial charge in [0, 0.05) is 18.5 Å². The van der Waals surface area contributed by atoms with Crippen molar-refractivity contribution in [2.24, 2.45) is 0 Å². The third-order valence-electron chi connectivity index (χ3n) is 4.63. The molecule has 0 N–H and O–H groups in total. The summed E-state index contributed by atoms with van der Waals surface area (Å²) in [6.07, 6.45) is 3.98. The minimum Gasteiger partial charge on any atom is -0.360 e. The first kappa shape index (κ1) is 13.5. The number of nitrogens with zero attached hydrogens (tertiary/aromatic N) is 5. The molecule has 0 spiro atoms. The third kappa shape index (κ3) is 1.95. The number of rotatable bonds is 1. The average Bonchev–Trinajstić information content (AvgIpc) is 3.11. The summed E-state index contributed by atoms with van der Waals surface area (Å²) in [4.78, 5) is 14.6. The van der Waals surface area contributed by atoms with Gasteiger partial charge in [-0.1, -0.05) is 5.16 Å². The first-order valence-electron chi connectivity index (χ1n) is 7.82. The molecule has 7 heteroatoms. The molecular formula is C15H19N5O2. The van der Waals surface area contributed by atoms with Crippen LogP contribution in [0.5, 0.6) is 0 Å². The Kier molecular flexibility index (Phi) is 3.02. The Morgan fingerprint density at radius 1 is 1.27 bits per heavy atom. The molecule has 0 saturated carbocycles. The lowest BCUT2D eigenvalue weighted by atomic mass is 9.96. The van der Waals surface area contributed by atoms with E-state index in [1.165, 1.54) is 0 Å². The van der Waals surface area contributed by atoms with Crippen LogP contribution < -0.4 is 0 Å². The molecule has 0 bridgehead atoms. The van der Waals surface area contributed by atoms with E-state index >= 15 is 0 Å². The number of aryl methyl sites for hydroxylation is 2. The first-order chi connectivity index (χ1) is 10.6. The number of amides is 1. The van der Waals surface area contributed by atoms with Crippen molar-refractivity contribution in [3.8, 4) is 0 Å². The van der Waals surface area contributed by atoms with Crippen LogP contribution in [0.2, 0.25) is 0 Å². The average molecular weight is 301 g/mol. The van der Waals surface area contributed by atoms with Crippen LogP contribution in [0.4, 0.5) is 0 Å². The lowest BCUT2D eigenvalue weighted by Gasteiger charge is -2.32. The van der Waals surface area contributed by atoms with Gasteiger partial charge in [-0.3, -0.25) is 4.79 Å². The summed E-state index contributed by atoms with van der Waals surface area (Å²) in [6, 6.07) is 0.172. The first-order valence-corrected chi connectivity index (χ1v) is 7.82. The van der Waals surface area contributed by atoms with E-state index in [1.54, 1.807) is 4.90 Å². The second-order valence-corrected chi connectivity index (χ2v) is 6.21. The van der Waals surface area contributed by atoms with Gasteiger partial charge in [0.05, 0.1) is 12.6 Å². The quantitative estimate of drug-likeness (QED) is 0.800. The normalized spacial score (nSPS) is 20.6. The van der Waals surface area contributed by atoms with Gasteiger partial charge in [0.15, 0.2) is 11.5 Å². The zero-order valence-electron chi connectivity index (χ0n) is 12.9. The lowest BCUT2D eigenvalue weighted by molar-refractivity contribution is 0.0668. The Morgan fingerprint density at radius 3 is 2.95 bits per heavy atom. The van der Waals surface area contributed by atoms with E-state index in [2.05, 4.69) is 26.8 Å². The second kappa shape index (κ2) is 4.93. The highest BCUT2D eigenvalue weighted by atomic mass is 16.5. The van der Waals surface area contributed by atoms with E-state index in [9.17, 15) is 4.79 Å². The van der Waals surface area contributed by atoms with Gasteiger partial charge in [-0.05, 0) is 33.1 Å². The zero-order valence-corrected chi connectivity index (χ0v) is 12.9. The molecular weight excluding hydrogens is 282 g/mol. The maximum atomic E-state index is 12.8. The molecule has 3 heterocycles. The Bertz CT molecular complexity index is 732. The largest absolute Gasteiger partial charge is 0.360 e. The van der Waals surface area contributed by atoms with Crippen molar-refractivity contribution in [3.05, 3.63) is 28.7 Å². The Balaban J connectivity index is 1.63. The van der Waals surface area contributed by atoms with E-state index in [4.69, 9.17) is 4.52 Å². The number of aromatic nitrogens is 4. The van der Waals surface area contributed by atoms with Crippen LogP contribution in [-0.4, -0.2) is 37.3 Å². The molecule has 2 aromatic rings. The maximum Gasteiger partial charge on any atom is 0.276 e. The van der Waals surface area contributed by atoms with Crippen molar-refractivity contribution < 1.29 is 9.32 Å². The molecule has 0 radical (unpaired) electrons. The highest BCUT2D eigenvalue weighted by Crippen LogP contribution is 2.27. The number of hydrogen-bond donors (Lipinski definition) is 0. The fourth-order valence-corrected chi connectivity index (χ4v) is 3.59. The molecule has 2 aromatic heterocycles. The van der Waals surface area contributed by atoms with Crippen LogP contribution in [0.25, 0.3) is 0 Å². The monoisotopic (exact) mass is 301 g/mol. The van der Waals surface area contributed by atoms with Gasteiger partial charge in [0.2, 0.25) is 0 Å².